The maximum atomic E-state index is 12.8. The third-order valence-electron chi connectivity index (χ3n) is 2.92. The zero-order valence-corrected chi connectivity index (χ0v) is 14.5. The van der Waals surface area contributed by atoms with E-state index < -0.39 is 50.3 Å². The summed E-state index contributed by atoms with van der Waals surface area (Å²) in [5.41, 5.74) is -1.44. The smallest absolute Gasteiger partial charge is 0.422 e. The molecule has 0 bridgehead atoms. The number of nitrogens with one attached hydrogen (secondary N) is 1. The molecule has 2 aromatic rings. The van der Waals surface area contributed by atoms with Crippen LogP contribution in [0, 0.1) is 0 Å². The second-order valence-electron chi connectivity index (χ2n) is 5.04. The molecule has 1 aromatic carbocycles. The molecule has 0 radical (unpaired) electrons. The number of hydrogen-bond donors (Lipinski definition) is 1. The highest BCUT2D eigenvalue weighted by atomic mass is 35.5. The lowest BCUT2D eigenvalue weighted by molar-refractivity contribution is -0.154. The first kappa shape index (κ1) is 21.1. The molecule has 0 aliphatic carbocycles. The van der Waals surface area contributed by atoms with E-state index >= 15 is 0 Å². The van der Waals surface area contributed by atoms with E-state index in [1.165, 1.54) is 0 Å². The molecular formula is C14H9ClF6N2O3S. The number of anilines is 1. The van der Waals surface area contributed by atoms with Gasteiger partial charge in [0.15, 0.2) is 6.61 Å². The Labute approximate surface area is 154 Å². The molecule has 0 atom stereocenters. The highest BCUT2D eigenvalue weighted by molar-refractivity contribution is 7.92. The molecular weight excluding hydrogens is 426 g/mol. The standard InChI is InChI=1S/C14H9ClF6N2O3S/c15-10-3-1-8(14(19,20)21)5-11(10)27(24,25)23-9-2-4-12(22-6-9)26-7-13(16,17)18/h1-6,23H,7H2. The lowest BCUT2D eigenvalue weighted by atomic mass is 10.2. The van der Waals surface area contributed by atoms with Crippen molar-refractivity contribution in [3.8, 4) is 5.88 Å². The number of pyridine rings is 1. The first-order chi connectivity index (χ1) is 12.3. The number of alkyl halides is 6. The zero-order valence-electron chi connectivity index (χ0n) is 12.9. The van der Waals surface area contributed by atoms with Crippen molar-refractivity contribution in [1.29, 1.82) is 0 Å². The van der Waals surface area contributed by atoms with Gasteiger partial charge in [-0.3, -0.25) is 4.72 Å². The minimum Gasteiger partial charge on any atom is -0.468 e. The van der Waals surface area contributed by atoms with Gasteiger partial charge in [0.2, 0.25) is 5.88 Å². The Balaban J connectivity index is 2.22. The van der Waals surface area contributed by atoms with Crippen molar-refractivity contribution < 1.29 is 39.5 Å². The Bertz CT molecular complexity index is 914. The summed E-state index contributed by atoms with van der Waals surface area (Å²) in [4.78, 5) is 2.65. The molecule has 5 nitrogen and oxygen atoms in total. The van der Waals surface area contributed by atoms with E-state index in [4.69, 9.17) is 11.6 Å². The fourth-order valence-corrected chi connectivity index (χ4v) is 3.35. The molecule has 2 rings (SSSR count). The molecule has 0 amide bonds. The number of benzene rings is 1. The summed E-state index contributed by atoms with van der Waals surface area (Å²) in [6, 6.07) is 3.75. The monoisotopic (exact) mass is 434 g/mol. The average Bonchev–Trinajstić information content (AvgIpc) is 2.52. The Hall–Kier alpha value is -2.21. The Morgan fingerprint density at radius 3 is 2.26 bits per heavy atom. The number of hydrogen-bond acceptors (Lipinski definition) is 4. The van der Waals surface area contributed by atoms with Gasteiger partial charge in [0.1, 0.15) is 4.90 Å². The van der Waals surface area contributed by atoms with Crippen molar-refractivity contribution in [2.75, 3.05) is 11.3 Å². The predicted molar refractivity (Wildman–Crippen MR) is 83.0 cm³/mol. The van der Waals surface area contributed by atoms with Crippen LogP contribution < -0.4 is 9.46 Å². The SMILES string of the molecule is O=S(=O)(Nc1ccc(OCC(F)(F)F)nc1)c1cc(C(F)(F)F)ccc1Cl. The van der Waals surface area contributed by atoms with Gasteiger partial charge in [-0.25, -0.2) is 13.4 Å². The largest absolute Gasteiger partial charge is 0.468 e. The van der Waals surface area contributed by atoms with Crippen LogP contribution in [0.15, 0.2) is 41.4 Å². The average molecular weight is 435 g/mol. The van der Waals surface area contributed by atoms with Crippen LogP contribution in [0.25, 0.3) is 0 Å². The lowest BCUT2D eigenvalue weighted by Crippen LogP contribution is -2.19. The van der Waals surface area contributed by atoms with Crippen LogP contribution in [0.2, 0.25) is 5.02 Å². The van der Waals surface area contributed by atoms with Gasteiger partial charge in [0.25, 0.3) is 10.0 Å². The van der Waals surface area contributed by atoms with Crippen molar-refractivity contribution in [2.24, 2.45) is 0 Å². The minimum atomic E-state index is -4.78. The molecule has 13 heteroatoms. The fourth-order valence-electron chi connectivity index (χ4n) is 1.78. The summed E-state index contributed by atoms with van der Waals surface area (Å²) in [5.74, 6) is -0.424. The van der Waals surface area contributed by atoms with Crippen LogP contribution in [0.3, 0.4) is 0 Å². The number of nitrogens with zero attached hydrogens (tertiary/aromatic N) is 1. The van der Waals surface area contributed by atoms with Crippen molar-refractivity contribution in [2.45, 2.75) is 17.2 Å². The van der Waals surface area contributed by atoms with Gasteiger partial charge in [-0.1, -0.05) is 11.6 Å². The molecule has 0 unspecified atom stereocenters. The lowest BCUT2D eigenvalue weighted by Gasteiger charge is -2.13. The second kappa shape index (κ2) is 7.43. The normalized spacial score (nSPS) is 12.7. The van der Waals surface area contributed by atoms with Gasteiger partial charge in [-0.05, 0) is 24.3 Å². The third-order valence-corrected chi connectivity index (χ3v) is 4.78. The van der Waals surface area contributed by atoms with E-state index in [9.17, 15) is 34.8 Å². The predicted octanol–water partition coefficient (Wildman–Crippen LogP) is 4.50. The topological polar surface area (TPSA) is 68.3 Å². The summed E-state index contributed by atoms with van der Waals surface area (Å²) in [5, 5.41) is -0.450. The van der Waals surface area contributed by atoms with E-state index in [1.807, 2.05) is 4.72 Å². The first-order valence-electron chi connectivity index (χ1n) is 6.83. The van der Waals surface area contributed by atoms with Crippen LogP contribution in [-0.2, 0) is 16.2 Å². The van der Waals surface area contributed by atoms with E-state index in [1.54, 1.807) is 0 Å². The Morgan fingerprint density at radius 1 is 1.07 bits per heavy atom. The number of rotatable bonds is 5. The van der Waals surface area contributed by atoms with Crippen molar-refractivity contribution in [1.82, 2.24) is 4.98 Å². The molecule has 1 aromatic heterocycles. The Kier molecular flexibility index (Phi) is 5.80. The molecule has 0 aliphatic heterocycles. The minimum absolute atomic E-state index is 0.220. The summed E-state index contributed by atoms with van der Waals surface area (Å²) < 4.78 is 105. The maximum Gasteiger partial charge on any atom is 0.422 e. The molecule has 1 heterocycles. The van der Waals surface area contributed by atoms with Gasteiger partial charge >= 0.3 is 12.4 Å². The third kappa shape index (κ3) is 5.89. The molecule has 27 heavy (non-hydrogen) atoms. The van der Waals surface area contributed by atoms with Crippen LogP contribution in [0.4, 0.5) is 32.0 Å². The van der Waals surface area contributed by atoms with Gasteiger partial charge < -0.3 is 4.74 Å². The van der Waals surface area contributed by atoms with Crippen LogP contribution in [0.1, 0.15) is 5.56 Å². The molecule has 0 saturated heterocycles. The quantitative estimate of drug-likeness (QED) is 0.704. The van der Waals surface area contributed by atoms with Crippen molar-refractivity contribution in [3.05, 3.63) is 47.1 Å². The van der Waals surface area contributed by atoms with Crippen LogP contribution in [-0.4, -0.2) is 26.2 Å². The Morgan fingerprint density at radius 2 is 1.74 bits per heavy atom. The maximum absolute atomic E-state index is 12.8. The van der Waals surface area contributed by atoms with E-state index in [2.05, 4.69) is 9.72 Å². The van der Waals surface area contributed by atoms with E-state index in [-0.39, 0.29) is 5.69 Å². The van der Waals surface area contributed by atoms with Gasteiger partial charge in [-0.2, -0.15) is 26.3 Å². The molecule has 0 saturated carbocycles. The van der Waals surface area contributed by atoms with Crippen molar-refractivity contribution >= 4 is 27.3 Å². The summed E-state index contributed by atoms with van der Waals surface area (Å²) in [6.45, 7) is -1.59. The molecule has 0 aliphatic rings. The van der Waals surface area contributed by atoms with E-state index in [0.717, 1.165) is 24.4 Å². The number of sulfonamides is 1. The molecule has 1 N–H and O–H groups in total. The van der Waals surface area contributed by atoms with Gasteiger partial charge in [0.05, 0.1) is 22.5 Å². The number of ether oxygens (including phenoxy) is 1. The fraction of sp³-hybridized carbons (Fsp3) is 0.214. The molecule has 148 valence electrons. The number of aromatic nitrogens is 1. The summed E-state index contributed by atoms with van der Waals surface area (Å²) in [7, 11) is -4.52. The summed E-state index contributed by atoms with van der Waals surface area (Å²) >= 11 is 5.68. The molecule has 0 spiro atoms. The van der Waals surface area contributed by atoms with Crippen LogP contribution in [0.5, 0.6) is 5.88 Å². The van der Waals surface area contributed by atoms with Gasteiger partial charge in [-0.15, -0.1) is 0 Å². The van der Waals surface area contributed by atoms with Crippen LogP contribution >= 0.6 is 11.6 Å². The second-order valence-corrected chi connectivity index (χ2v) is 7.10. The highest BCUT2D eigenvalue weighted by Gasteiger charge is 2.33. The van der Waals surface area contributed by atoms with Gasteiger partial charge in [0, 0.05) is 6.07 Å². The van der Waals surface area contributed by atoms with E-state index in [0.29, 0.717) is 12.1 Å². The zero-order chi connectivity index (χ0) is 20.5. The number of halogens is 7. The highest BCUT2D eigenvalue weighted by Crippen LogP contribution is 2.34. The van der Waals surface area contributed by atoms with Crippen molar-refractivity contribution in [3.63, 3.8) is 0 Å². The first-order valence-corrected chi connectivity index (χ1v) is 8.69. The summed E-state index contributed by atoms with van der Waals surface area (Å²) in [6.07, 6.45) is -8.53. The molecule has 0 fully saturated rings.